The van der Waals surface area contributed by atoms with Crippen molar-refractivity contribution in [3.63, 3.8) is 0 Å². The van der Waals surface area contributed by atoms with Gasteiger partial charge >= 0.3 is 0 Å². The number of hydrogen-bond donors (Lipinski definition) is 1. The number of methoxy groups -OCH3 is 1. The summed E-state index contributed by atoms with van der Waals surface area (Å²) in [6.45, 7) is 4.36. The Morgan fingerprint density at radius 1 is 1.27 bits per heavy atom. The van der Waals surface area contributed by atoms with Gasteiger partial charge in [-0.1, -0.05) is 0 Å². The molecular formula is C19H28N4O3. The maximum absolute atomic E-state index is 11.6. The number of aromatic nitrogens is 2. The van der Waals surface area contributed by atoms with Gasteiger partial charge in [-0.2, -0.15) is 0 Å². The van der Waals surface area contributed by atoms with Crippen LogP contribution in [-0.2, 0) is 9.53 Å². The second-order valence-electron chi connectivity index (χ2n) is 7.94. The van der Waals surface area contributed by atoms with Crippen LogP contribution in [0, 0.1) is 17.8 Å². The summed E-state index contributed by atoms with van der Waals surface area (Å²) >= 11 is 0. The third kappa shape index (κ3) is 3.92. The highest BCUT2D eigenvalue weighted by Gasteiger charge is 2.43. The molecule has 1 N–H and O–H groups in total. The fourth-order valence-electron chi connectivity index (χ4n) is 4.36. The Morgan fingerprint density at radius 3 is 2.73 bits per heavy atom. The topological polar surface area (TPSA) is 76.6 Å². The minimum Gasteiger partial charge on any atom is -0.481 e. The van der Waals surface area contributed by atoms with Gasteiger partial charge in [0.25, 0.3) is 0 Å². The van der Waals surface area contributed by atoms with Crippen LogP contribution in [0.25, 0.3) is 0 Å². The quantitative estimate of drug-likeness (QED) is 0.831. The van der Waals surface area contributed by atoms with Gasteiger partial charge in [0.15, 0.2) is 0 Å². The van der Waals surface area contributed by atoms with Crippen LogP contribution in [0.3, 0.4) is 0 Å². The lowest BCUT2D eigenvalue weighted by Crippen LogP contribution is -2.50. The monoisotopic (exact) mass is 360 g/mol. The molecule has 1 saturated heterocycles. The second-order valence-corrected chi connectivity index (χ2v) is 7.94. The molecule has 26 heavy (non-hydrogen) atoms. The van der Waals surface area contributed by atoms with Crippen LogP contribution in [0.5, 0.6) is 5.88 Å². The van der Waals surface area contributed by atoms with E-state index in [9.17, 15) is 4.79 Å². The number of nitrogens with one attached hydrogen (secondary N) is 1. The minimum absolute atomic E-state index is 0.0314. The van der Waals surface area contributed by atoms with Gasteiger partial charge in [0.1, 0.15) is 12.1 Å². The Balaban J connectivity index is 1.44. The molecule has 3 fully saturated rings. The zero-order valence-corrected chi connectivity index (χ0v) is 15.6. The van der Waals surface area contributed by atoms with E-state index in [4.69, 9.17) is 9.47 Å². The summed E-state index contributed by atoms with van der Waals surface area (Å²) in [5.74, 6) is 3.39. The van der Waals surface area contributed by atoms with Crippen molar-refractivity contribution in [1.29, 1.82) is 0 Å². The molecule has 3 aliphatic rings. The summed E-state index contributed by atoms with van der Waals surface area (Å²) in [5.41, 5.74) is 0. The first-order valence-electron chi connectivity index (χ1n) is 9.62. The van der Waals surface area contributed by atoms with Crippen LogP contribution < -0.4 is 15.0 Å². The Kier molecular flexibility index (Phi) is 4.98. The summed E-state index contributed by atoms with van der Waals surface area (Å²) in [6.07, 6.45) is 6.22. The normalized spacial score (nSPS) is 30.8. The fourth-order valence-corrected chi connectivity index (χ4v) is 4.36. The zero-order valence-electron chi connectivity index (χ0n) is 15.6. The van der Waals surface area contributed by atoms with Crippen molar-refractivity contribution < 1.29 is 14.3 Å². The van der Waals surface area contributed by atoms with Gasteiger partial charge in [0.05, 0.1) is 19.3 Å². The molecule has 0 aromatic carbocycles. The summed E-state index contributed by atoms with van der Waals surface area (Å²) in [6, 6.07) is 2.01. The number of nitrogens with zero attached hydrogens (tertiary/aromatic N) is 3. The van der Waals surface area contributed by atoms with Crippen LogP contribution in [0.2, 0.25) is 0 Å². The molecule has 0 spiro atoms. The number of anilines is 1. The first-order valence-corrected chi connectivity index (χ1v) is 9.62. The molecule has 4 atom stereocenters. The lowest BCUT2D eigenvalue weighted by atomic mass is 9.77. The molecular weight excluding hydrogens is 332 g/mol. The Bertz CT molecular complexity index is 651. The predicted octanol–water partition coefficient (Wildman–Crippen LogP) is 1.63. The highest BCUT2D eigenvalue weighted by Crippen LogP contribution is 2.40. The molecule has 7 heteroatoms. The standard InChI is InChI=1S/C19H28N4O3/c1-12(24)22-16-5-14-8-23(18-7-19(25-2)21-11-20-18)9-15(14)6-17(16)26-10-13-3-4-13/h7,11,13-17H,3-6,8-10H2,1-2H3,(H,22,24)/t14-,15+,16-,17-/m1/s1. The third-order valence-corrected chi connectivity index (χ3v) is 5.91. The number of ether oxygens (including phenoxy) is 2. The van der Waals surface area contributed by atoms with E-state index in [-0.39, 0.29) is 18.1 Å². The number of carbonyl (C=O) groups is 1. The van der Waals surface area contributed by atoms with Crippen LogP contribution in [0.4, 0.5) is 5.82 Å². The van der Waals surface area contributed by atoms with Crippen molar-refractivity contribution in [3.05, 3.63) is 12.4 Å². The second kappa shape index (κ2) is 7.39. The van der Waals surface area contributed by atoms with Gasteiger partial charge in [-0.15, -0.1) is 0 Å². The van der Waals surface area contributed by atoms with Crippen LogP contribution in [0.1, 0.15) is 32.6 Å². The average Bonchev–Trinajstić information content (AvgIpc) is 3.37. The van der Waals surface area contributed by atoms with Gasteiger partial charge < -0.3 is 19.7 Å². The molecule has 1 aromatic rings. The molecule has 4 rings (SSSR count). The number of amides is 1. The molecule has 142 valence electrons. The molecule has 2 saturated carbocycles. The molecule has 0 unspecified atom stereocenters. The van der Waals surface area contributed by atoms with Crippen LogP contribution in [-0.4, -0.2) is 54.8 Å². The highest BCUT2D eigenvalue weighted by atomic mass is 16.5. The first kappa shape index (κ1) is 17.5. The maximum Gasteiger partial charge on any atom is 0.218 e. The van der Waals surface area contributed by atoms with Crippen molar-refractivity contribution in [2.75, 3.05) is 31.7 Å². The SMILES string of the molecule is COc1cc(N2C[C@H]3C[C@@H](NC(C)=O)[C@H](OCC4CC4)C[C@H]3C2)ncn1. The molecule has 2 heterocycles. The van der Waals surface area contributed by atoms with E-state index < -0.39 is 0 Å². The van der Waals surface area contributed by atoms with E-state index in [0.717, 1.165) is 44.3 Å². The Morgan fingerprint density at radius 2 is 2.04 bits per heavy atom. The van der Waals surface area contributed by atoms with E-state index >= 15 is 0 Å². The van der Waals surface area contributed by atoms with Gasteiger partial charge in [-0.25, -0.2) is 9.97 Å². The first-order chi connectivity index (χ1) is 12.6. The summed E-state index contributed by atoms with van der Waals surface area (Å²) in [5, 5.41) is 3.13. The predicted molar refractivity (Wildman–Crippen MR) is 97.1 cm³/mol. The lowest BCUT2D eigenvalue weighted by molar-refractivity contribution is -0.122. The molecule has 7 nitrogen and oxygen atoms in total. The smallest absolute Gasteiger partial charge is 0.218 e. The van der Waals surface area contributed by atoms with Gasteiger partial charge in [0.2, 0.25) is 11.8 Å². The molecule has 0 bridgehead atoms. The van der Waals surface area contributed by atoms with Crippen LogP contribution in [0.15, 0.2) is 12.4 Å². The number of carbonyl (C=O) groups excluding carboxylic acids is 1. The van der Waals surface area contributed by atoms with Crippen molar-refractivity contribution in [3.8, 4) is 5.88 Å². The third-order valence-electron chi connectivity index (χ3n) is 5.91. The highest BCUT2D eigenvalue weighted by molar-refractivity contribution is 5.73. The summed E-state index contributed by atoms with van der Waals surface area (Å²) in [7, 11) is 1.62. The lowest BCUT2D eigenvalue weighted by Gasteiger charge is -2.38. The molecule has 1 amide bonds. The Labute approximate surface area is 154 Å². The van der Waals surface area contributed by atoms with Crippen molar-refractivity contribution in [2.45, 2.75) is 44.8 Å². The van der Waals surface area contributed by atoms with Crippen molar-refractivity contribution in [2.24, 2.45) is 17.8 Å². The maximum atomic E-state index is 11.6. The van der Waals surface area contributed by atoms with Gasteiger partial charge in [-0.05, 0) is 43.4 Å². The summed E-state index contributed by atoms with van der Waals surface area (Å²) in [4.78, 5) is 22.5. The number of fused-ring (bicyclic) bond motifs is 1. The van der Waals surface area contributed by atoms with Gasteiger partial charge in [-0.3, -0.25) is 4.79 Å². The van der Waals surface area contributed by atoms with E-state index in [1.165, 1.54) is 12.8 Å². The summed E-state index contributed by atoms with van der Waals surface area (Å²) < 4.78 is 11.5. The van der Waals surface area contributed by atoms with E-state index in [1.54, 1.807) is 20.4 Å². The zero-order chi connectivity index (χ0) is 18.1. The molecule has 0 radical (unpaired) electrons. The van der Waals surface area contributed by atoms with E-state index in [1.807, 2.05) is 6.07 Å². The fraction of sp³-hybridized carbons (Fsp3) is 0.737. The molecule has 1 aliphatic heterocycles. The average molecular weight is 360 g/mol. The Hall–Kier alpha value is -1.89. The van der Waals surface area contributed by atoms with Crippen molar-refractivity contribution in [1.82, 2.24) is 15.3 Å². The van der Waals surface area contributed by atoms with E-state index in [2.05, 4.69) is 20.2 Å². The van der Waals surface area contributed by atoms with Gasteiger partial charge in [0, 0.05) is 32.7 Å². The minimum atomic E-state index is 0.0314. The molecule has 1 aromatic heterocycles. The number of rotatable bonds is 6. The van der Waals surface area contributed by atoms with Crippen molar-refractivity contribution >= 4 is 11.7 Å². The van der Waals surface area contributed by atoms with E-state index in [0.29, 0.717) is 17.7 Å². The number of hydrogen-bond acceptors (Lipinski definition) is 6. The largest absolute Gasteiger partial charge is 0.481 e. The molecule has 2 aliphatic carbocycles. The van der Waals surface area contributed by atoms with Crippen LogP contribution >= 0.6 is 0 Å².